The number of carbonyl (C=O) groups is 1. The standard InChI is InChI=1S/C18H28N2O/c1-4-13-5-7-14(8-6-13)18(2,3)17(21)20-16-11-9-15(19)10-12-16/h5-8,15-16H,4,9-12,19H2,1-3H3,(H,20,21). The van der Waals surface area contributed by atoms with Gasteiger partial charge in [-0.1, -0.05) is 31.2 Å². The summed E-state index contributed by atoms with van der Waals surface area (Å²) in [6.07, 6.45) is 5.04. The molecule has 0 spiro atoms. The molecule has 0 saturated heterocycles. The lowest BCUT2D eigenvalue weighted by Crippen LogP contribution is -2.47. The molecule has 1 aromatic carbocycles. The Morgan fingerprint density at radius 1 is 1.19 bits per heavy atom. The van der Waals surface area contributed by atoms with Crippen molar-refractivity contribution in [2.75, 3.05) is 0 Å². The molecule has 1 amide bonds. The van der Waals surface area contributed by atoms with Gasteiger partial charge in [-0.05, 0) is 57.1 Å². The van der Waals surface area contributed by atoms with E-state index in [4.69, 9.17) is 5.73 Å². The highest BCUT2D eigenvalue weighted by atomic mass is 16.2. The van der Waals surface area contributed by atoms with Gasteiger partial charge in [0, 0.05) is 12.1 Å². The molecule has 1 aromatic rings. The zero-order valence-electron chi connectivity index (χ0n) is 13.5. The first-order chi connectivity index (χ1) is 9.93. The smallest absolute Gasteiger partial charge is 0.230 e. The molecule has 0 heterocycles. The molecule has 0 unspecified atom stereocenters. The summed E-state index contributed by atoms with van der Waals surface area (Å²) in [4.78, 5) is 12.6. The molecule has 3 nitrogen and oxygen atoms in total. The molecular weight excluding hydrogens is 260 g/mol. The van der Waals surface area contributed by atoms with E-state index in [1.54, 1.807) is 0 Å². The third-order valence-corrected chi connectivity index (χ3v) is 4.76. The van der Waals surface area contributed by atoms with Crippen molar-refractivity contribution >= 4 is 5.91 Å². The number of rotatable bonds is 4. The van der Waals surface area contributed by atoms with E-state index >= 15 is 0 Å². The first kappa shape index (κ1) is 16.0. The maximum absolute atomic E-state index is 12.6. The van der Waals surface area contributed by atoms with Crippen LogP contribution < -0.4 is 11.1 Å². The minimum absolute atomic E-state index is 0.118. The average Bonchev–Trinajstić information content (AvgIpc) is 2.49. The molecule has 3 N–H and O–H groups in total. The lowest BCUT2D eigenvalue weighted by molar-refractivity contribution is -0.126. The zero-order chi connectivity index (χ0) is 15.5. The molecule has 2 rings (SSSR count). The van der Waals surface area contributed by atoms with E-state index in [0.29, 0.717) is 6.04 Å². The highest BCUT2D eigenvalue weighted by Gasteiger charge is 2.32. The molecule has 1 fully saturated rings. The molecular formula is C18H28N2O. The lowest BCUT2D eigenvalue weighted by atomic mass is 9.82. The Morgan fingerprint density at radius 2 is 1.76 bits per heavy atom. The fourth-order valence-electron chi connectivity index (χ4n) is 2.92. The topological polar surface area (TPSA) is 55.1 Å². The van der Waals surface area contributed by atoms with E-state index in [9.17, 15) is 4.79 Å². The number of hydrogen-bond donors (Lipinski definition) is 2. The molecule has 1 aliphatic carbocycles. The second kappa shape index (κ2) is 6.61. The maximum atomic E-state index is 12.6. The summed E-state index contributed by atoms with van der Waals surface area (Å²) >= 11 is 0. The molecule has 0 bridgehead atoms. The maximum Gasteiger partial charge on any atom is 0.230 e. The van der Waals surface area contributed by atoms with Crippen LogP contribution in [0.5, 0.6) is 0 Å². The van der Waals surface area contributed by atoms with Gasteiger partial charge < -0.3 is 11.1 Å². The van der Waals surface area contributed by atoms with Crippen LogP contribution in [-0.2, 0) is 16.6 Å². The van der Waals surface area contributed by atoms with Gasteiger partial charge in [0.2, 0.25) is 5.91 Å². The number of nitrogens with one attached hydrogen (secondary N) is 1. The van der Waals surface area contributed by atoms with Crippen LogP contribution in [0.1, 0.15) is 57.6 Å². The van der Waals surface area contributed by atoms with E-state index in [1.807, 2.05) is 13.8 Å². The molecule has 1 saturated carbocycles. The number of hydrogen-bond acceptors (Lipinski definition) is 2. The SMILES string of the molecule is CCc1ccc(C(C)(C)C(=O)NC2CCC(N)CC2)cc1. The van der Waals surface area contributed by atoms with Crippen LogP contribution >= 0.6 is 0 Å². The molecule has 116 valence electrons. The molecule has 3 heteroatoms. The fourth-order valence-corrected chi connectivity index (χ4v) is 2.92. The monoisotopic (exact) mass is 288 g/mol. The number of nitrogens with two attached hydrogens (primary N) is 1. The quantitative estimate of drug-likeness (QED) is 0.895. The third kappa shape index (κ3) is 3.85. The molecule has 0 atom stereocenters. The van der Waals surface area contributed by atoms with E-state index < -0.39 is 5.41 Å². The van der Waals surface area contributed by atoms with E-state index in [-0.39, 0.29) is 11.9 Å². The second-order valence-electron chi connectivity index (χ2n) is 6.76. The van der Waals surface area contributed by atoms with Gasteiger partial charge in [0.15, 0.2) is 0 Å². The fraction of sp³-hybridized carbons (Fsp3) is 0.611. The van der Waals surface area contributed by atoms with Gasteiger partial charge in [0.1, 0.15) is 0 Å². The van der Waals surface area contributed by atoms with E-state index in [1.165, 1.54) is 5.56 Å². The summed E-state index contributed by atoms with van der Waals surface area (Å²) in [5, 5.41) is 3.21. The predicted octanol–water partition coefficient (Wildman–Crippen LogP) is 2.91. The zero-order valence-corrected chi connectivity index (χ0v) is 13.5. The highest BCUT2D eigenvalue weighted by Crippen LogP contribution is 2.25. The summed E-state index contributed by atoms with van der Waals surface area (Å²) in [6, 6.07) is 8.98. The van der Waals surface area contributed by atoms with Gasteiger partial charge in [-0.15, -0.1) is 0 Å². The lowest BCUT2D eigenvalue weighted by Gasteiger charge is -2.31. The summed E-state index contributed by atoms with van der Waals surface area (Å²) in [5.74, 6) is 0.118. The molecule has 1 aliphatic rings. The highest BCUT2D eigenvalue weighted by molar-refractivity contribution is 5.87. The minimum Gasteiger partial charge on any atom is -0.353 e. The molecule has 21 heavy (non-hydrogen) atoms. The van der Waals surface area contributed by atoms with Gasteiger partial charge in [0.05, 0.1) is 5.41 Å². The van der Waals surface area contributed by atoms with Crippen LogP contribution in [0.3, 0.4) is 0 Å². The molecule has 0 aromatic heterocycles. The number of aryl methyl sites for hydroxylation is 1. The van der Waals surface area contributed by atoms with Crippen molar-refractivity contribution in [2.45, 2.75) is 70.4 Å². The Balaban J connectivity index is 2.01. The van der Waals surface area contributed by atoms with Crippen molar-refractivity contribution in [2.24, 2.45) is 5.73 Å². The molecule has 0 radical (unpaired) electrons. The van der Waals surface area contributed by atoms with Crippen molar-refractivity contribution in [3.05, 3.63) is 35.4 Å². The first-order valence-electron chi connectivity index (χ1n) is 8.09. The average molecular weight is 288 g/mol. The van der Waals surface area contributed by atoms with Crippen LogP contribution in [0.4, 0.5) is 0 Å². The first-order valence-corrected chi connectivity index (χ1v) is 8.09. The van der Waals surface area contributed by atoms with Gasteiger partial charge in [-0.3, -0.25) is 4.79 Å². The van der Waals surface area contributed by atoms with Crippen LogP contribution in [-0.4, -0.2) is 18.0 Å². The van der Waals surface area contributed by atoms with E-state index in [2.05, 4.69) is 36.5 Å². The van der Waals surface area contributed by atoms with Crippen molar-refractivity contribution in [3.63, 3.8) is 0 Å². The van der Waals surface area contributed by atoms with Gasteiger partial charge in [0.25, 0.3) is 0 Å². The summed E-state index contributed by atoms with van der Waals surface area (Å²) in [7, 11) is 0. The normalized spacial score (nSPS) is 22.9. The Labute approximate surface area is 128 Å². The Kier molecular flexibility index (Phi) is 5.04. The molecule has 0 aliphatic heterocycles. The third-order valence-electron chi connectivity index (χ3n) is 4.76. The van der Waals surface area contributed by atoms with Crippen molar-refractivity contribution in [1.82, 2.24) is 5.32 Å². The summed E-state index contributed by atoms with van der Waals surface area (Å²) < 4.78 is 0. The van der Waals surface area contributed by atoms with Crippen molar-refractivity contribution in [1.29, 1.82) is 0 Å². The minimum atomic E-state index is -0.494. The second-order valence-corrected chi connectivity index (χ2v) is 6.76. The summed E-state index contributed by atoms with van der Waals surface area (Å²) in [5.41, 5.74) is 7.80. The van der Waals surface area contributed by atoms with Gasteiger partial charge in [-0.2, -0.15) is 0 Å². The van der Waals surface area contributed by atoms with Gasteiger partial charge >= 0.3 is 0 Å². The van der Waals surface area contributed by atoms with Crippen LogP contribution in [0, 0.1) is 0 Å². The number of amides is 1. The van der Waals surface area contributed by atoms with Crippen molar-refractivity contribution < 1.29 is 4.79 Å². The Morgan fingerprint density at radius 3 is 2.29 bits per heavy atom. The van der Waals surface area contributed by atoms with Crippen LogP contribution in [0.25, 0.3) is 0 Å². The number of carbonyl (C=O) groups excluding carboxylic acids is 1. The number of benzene rings is 1. The summed E-state index contributed by atoms with van der Waals surface area (Å²) in [6.45, 7) is 6.14. The Bertz CT molecular complexity index is 470. The van der Waals surface area contributed by atoms with Crippen molar-refractivity contribution in [3.8, 4) is 0 Å². The largest absolute Gasteiger partial charge is 0.353 e. The van der Waals surface area contributed by atoms with E-state index in [0.717, 1.165) is 37.7 Å². The predicted molar refractivity (Wildman–Crippen MR) is 87.2 cm³/mol. The Hall–Kier alpha value is -1.35. The van der Waals surface area contributed by atoms with Crippen LogP contribution in [0.15, 0.2) is 24.3 Å². The van der Waals surface area contributed by atoms with Gasteiger partial charge in [-0.25, -0.2) is 0 Å². The van der Waals surface area contributed by atoms with Crippen LogP contribution in [0.2, 0.25) is 0 Å².